The second-order valence-electron chi connectivity index (χ2n) is 8.17. The van der Waals surface area contributed by atoms with E-state index in [0.29, 0.717) is 5.57 Å². The van der Waals surface area contributed by atoms with E-state index in [1.54, 1.807) is 13.1 Å². The number of nitrogens with one attached hydrogen (secondary N) is 2. The average molecular weight is 405 g/mol. The Morgan fingerprint density at radius 2 is 2.03 bits per heavy atom. The van der Waals surface area contributed by atoms with Crippen molar-refractivity contribution in [1.29, 1.82) is 0 Å². The van der Waals surface area contributed by atoms with Crippen LogP contribution in [0.3, 0.4) is 0 Å². The zero-order chi connectivity index (χ0) is 21.4. The third kappa shape index (κ3) is 3.65. The summed E-state index contributed by atoms with van der Waals surface area (Å²) in [7, 11) is 1.88. The summed E-state index contributed by atoms with van der Waals surface area (Å²) in [5, 5.41) is 6.21. The molecule has 2 aliphatic rings. The summed E-state index contributed by atoms with van der Waals surface area (Å²) >= 11 is 0. The van der Waals surface area contributed by atoms with E-state index < -0.39 is 0 Å². The predicted octanol–water partition coefficient (Wildman–Crippen LogP) is 3.77. The Hall–Kier alpha value is -3.28. The van der Waals surface area contributed by atoms with Gasteiger partial charge in [0, 0.05) is 55.9 Å². The van der Waals surface area contributed by atoms with Crippen LogP contribution in [0.1, 0.15) is 30.0 Å². The van der Waals surface area contributed by atoms with Crippen LogP contribution in [0.25, 0.3) is 5.57 Å². The molecule has 30 heavy (non-hydrogen) atoms. The van der Waals surface area contributed by atoms with Crippen molar-refractivity contribution in [2.75, 3.05) is 35.7 Å². The number of amides is 2. The van der Waals surface area contributed by atoms with Gasteiger partial charge in [-0.25, -0.2) is 0 Å². The molecule has 2 amide bonds. The Balaban J connectivity index is 1.50. The lowest BCUT2D eigenvalue weighted by atomic mass is 10.0. The zero-order valence-electron chi connectivity index (χ0n) is 18.0. The van der Waals surface area contributed by atoms with Gasteiger partial charge in [0.1, 0.15) is 0 Å². The molecule has 2 N–H and O–H groups in total. The van der Waals surface area contributed by atoms with E-state index in [1.807, 2.05) is 43.1 Å². The molecule has 0 spiro atoms. The van der Waals surface area contributed by atoms with Gasteiger partial charge >= 0.3 is 0 Å². The van der Waals surface area contributed by atoms with Gasteiger partial charge in [0.2, 0.25) is 5.91 Å². The molecule has 0 bridgehead atoms. The quantitative estimate of drug-likeness (QED) is 0.762. The van der Waals surface area contributed by atoms with Gasteiger partial charge in [-0.05, 0) is 55.7 Å². The molecule has 0 aromatic heterocycles. The van der Waals surface area contributed by atoms with Crippen molar-refractivity contribution in [3.8, 4) is 0 Å². The molecule has 1 fully saturated rings. The van der Waals surface area contributed by atoms with Gasteiger partial charge in [0.25, 0.3) is 5.91 Å². The van der Waals surface area contributed by atoms with E-state index in [-0.39, 0.29) is 17.9 Å². The van der Waals surface area contributed by atoms with E-state index in [2.05, 4.69) is 34.6 Å². The first-order chi connectivity index (χ1) is 14.3. The Kier molecular flexibility index (Phi) is 5.24. The van der Waals surface area contributed by atoms with Crippen molar-refractivity contribution in [2.45, 2.75) is 33.2 Å². The van der Waals surface area contributed by atoms with Gasteiger partial charge in [-0.1, -0.05) is 12.1 Å². The number of rotatable bonds is 4. The normalized spacial score (nSPS) is 19.1. The molecule has 2 aromatic carbocycles. The van der Waals surface area contributed by atoms with Crippen molar-refractivity contribution in [1.82, 2.24) is 4.90 Å². The smallest absolute Gasteiger partial charge is 0.257 e. The summed E-state index contributed by atoms with van der Waals surface area (Å²) < 4.78 is 0. The topological polar surface area (TPSA) is 64.7 Å². The van der Waals surface area contributed by atoms with E-state index >= 15 is 0 Å². The highest BCUT2D eigenvalue weighted by atomic mass is 16.2. The Labute approximate surface area is 177 Å². The van der Waals surface area contributed by atoms with Crippen LogP contribution in [-0.2, 0) is 9.59 Å². The second-order valence-corrected chi connectivity index (χ2v) is 8.17. The largest absolute Gasteiger partial charge is 0.369 e. The van der Waals surface area contributed by atoms with Gasteiger partial charge in [0.15, 0.2) is 0 Å². The first kappa shape index (κ1) is 20.0. The van der Waals surface area contributed by atoms with E-state index in [4.69, 9.17) is 0 Å². The van der Waals surface area contributed by atoms with Gasteiger partial charge in [-0.2, -0.15) is 0 Å². The number of aryl methyl sites for hydroxylation is 2. The van der Waals surface area contributed by atoms with Gasteiger partial charge in [0.05, 0.1) is 11.6 Å². The summed E-state index contributed by atoms with van der Waals surface area (Å²) in [6, 6.07) is 12.4. The molecule has 1 atom stereocenters. The molecule has 156 valence electrons. The third-order valence-corrected chi connectivity index (χ3v) is 6.16. The standard InChI is InChI=1S/C24H28N4O2/c1-15-6-5-7-21-23(15)20(24(30)26-21)13-25-18-8-9-22(16(2)12-18)28-11-10-19(14-28)27(4)17(3)29/h5-9,12-13,19,25H,10-11,14H2,1-4H3,(H,26,30)/b20-13-. The Bertz CT molecular complexity index is 1040. The molecular formula is C24H28N4O2. The molecule has 1 saturated heterocycles. The number of fused-ring (bicyclic) bond motifs is 1. The average Bonchev–Trinajstić information content (AvgIpc) is 3.31. The number of hydrogen-bond donors (Lipinski definition) is 2. The number of nitrogens with zero attached hydrogens (tertiary/aromatic N) is 2. The summed E-state index contributed by atoms with van der Waals surface area (Å²) in [5.74, 6) is 0.0248. The molecular weight excluding hydrogens is 376 g/mol. The lowest BCUT2D eigenvalue weighted by Gasteiger charge is -2.25. The number of likely N-dealkylation sites (N-methyl/N-ethyl adjacent to an activating group) is 1. The maximum absolute atomic E-state index is 12.4. The summed E-state index contributed by atoms with van der Waals surface area (Å²) in [6.07, 6.45) is 2.77. The number of anilines is 3. The fourth-order valence-corrected chi connectivity index (χ4v) is 4.36. The van der Waals surface area contributed by atoms with E-state index in [0.717, 1.165) is 47.6 Å². The van der Waals surface area contributed by atoms with Crippen LogP contribution in [0, 0.1) is 13.8 Å². The van der Waals surface area contributed by atoms with Crippen molar-refractivity contribution in [3.05, 3.63) is 59.3 Å². The van der Waals surface area contributed by atoms with E-state index in [1.165, 1.54) is 5.69 Å². The van der Waals surface area contributed by atoms with Crippen molar-refractivity contribution in [2.24, 2.45) is 0 Å². The maximum Gasteiger partial charge on any atom is 0.257 e. The molecule has 2 aliphatic heterocycles. The van der Waals surface area contributed by atoms with Crippen molar-refractivity contribution in [3.63, 3.8) is 0 Å². The van der Waals surface area contributed by atoms with Crippen molar-refractivity contribution < 1.29 is 9.59 Å². The second kappa shape index (κ2) is 7.86. The monoisotopic (exact) mass is 404 g/mol. The summed E-state index contributed by atoms with van der Waals surface area (Å²) in [5.41, 5.74) is 6.84. The fraction of sp³-hybridized carbons (Fsp3) is 0.333. The number of carbonyl (C=O) groups excluding carboxylic acids is 2. The lowest BCUT2D eigenvalue weighted by Crippen LogP contribution is -2.37. The van der Waals surface area contributed by atoms with Crippen LogP contribution < -0.4 is 15.5 Å². The molecule has 0 radical (unpaired) electrons. The molecule has 4 rings (SSSR count). The minimum Gasteiger partial charge on any atom is -0.369 e. The minimum absolute atomic E-state index is 0.0853. The SMILES string of the molecule is CC(=O)N(C)C1CCN(c2ccc(N/C=C3\C(=O)Nc4cccc(C)c43)cc2C)C1. The highest BCUT2D eigenvalue weighted by molar-refractivity contribution is 6.32. The van der Waals surface area contributed by atoms with Crippen LogP contribution in [0.2, 0.25) is 0 Å². The molecule has 0 saturated carbocycles. The fourth-order valence-electron chi connectivity index (χ4n) is 4.36. The van der Waals surface area contributed by atoms with Gasteiger partial charge in [-0.3, -0.25) is 9.59 Å². The highest BCUT2D eigenvalue weighted by Crippen LogP contribution is 2.34. The first-order valence-electron chi connectivity index (χ1n) is 10.3. The Morgan fingerprint density at radius 3 is 2.77 bits per heavy atom. The maximum atomic E-state index is 12.4. The van der Waals surface area contributed by atoms with Crippen LogP contribution in [-0.4, -0.2) is 42.9 Å². The Morgan fingerprint density at radius 1 is 1.23 bits per heavy atom. The van der Waals surface area contributed by atoms with Gasteiger partial charge in [-0.15, -0.1) is 0 Å². The van der Waals surface area contributed by atoms with Crippen LogP contribution >= 0.6 is 0 Å². The molecule has 6 nitrogen and oxygen atoms in total. The highest BCUT2D eigenvalue weighted by Gasteiger charge is 2.28. The molecule has 2 aromatic rings. The lowest BCUT2D eigenvalue weighted by molar-refractivity contribution is -0.129. The molecule has 6 heteroatoms. The van der Waals surface area contributed by atoms with E-state index in [9.17, 15) is 9.59 Å². The number of carbonyl (C=O) groups is 2. The predicted molar refractivity (Wildman–Crippen MR) is 122 cm³/mol. The zero-order valence-corrected chi connectivity index (χ0v) is 18.0. The van der Waals surface area contributed by atoms with Crippen molar-refractivity contribution >= 4 is 34.4 Å². The summed E-state index contributed by atoms with van der Waals surface area (Å²) in [6.45, 7) is 7.52. The number of hydrogen-bond acceptors (Lipinski definition) is 4. The minimum atomic E-state index is -0.0853. The molecule has 1 unspecified atom stereocenters. The first-order valence-corrected chi connectivity index (χ1v) is 10.3. The molecule has 0 aliphatic carbocycles. The van der Waals surface area contributed by atoms with Crippen LogP contribution in [0.5, 0.6) is 0 Å². The van der Waals surface area contributed by atoms with Gasteiger partial charge < -0.3 is 20.4 Å². The molecule has 2 heterocycles. The van der Waals surface area contributed by atoms with Crippen LogP contribution in [0.4, 0.5) is 17.1 Å². The summed E-state index contributed by atoms with van der Waals surface area (Å²) in [4.78, 5) is 28.2. The third-order valence-electron chi connectivity index (χ3n) is 6.16. The number of benzene rings is 2. The van der Waals surface area contributed by atoms with Crippen LogP contribution in [0.15, 0.2) is 42.6 Å².